The molecule has 0 fully saturated rings. The molecule has 21 heavy (non-hydrogen) atoms. The molecule has 1 rings (SSSR count). The Morgan fingerprint density at radius 1 is 1.24 bits per heavy atom. The molecular formula is C15H28N2O2S2. The lowest BCUT2D eigenvalue weighted by Crippen LogP contribution is -2.43. The first kappa shape index (κ1) is 18.6. The molecule has 0 amide bonds. The first-order valence-electron chi connectivity index (χ1n) is 7.55. The van der Waals surface area contributed by atoms with Crippen LogP contribution < -0.4 is 10.0 Å². The van der Waals surface area contributed by atoms with Crippen molar-refractivity contribution in [3.63, 3.8) is 0 Å². The zero-order valence-electron chi connectivity index (χ0n) is 13.7. The SMILES string of the molecule is CCCNCc1scc(C)c1S(=O)(=O)NC(C)(C)CCC. The summed E-state index contributed by atoms with van der Waals surface area (Å²) in [6, 6.07) is 0. The van der Waals surface area contributed by atoms with Gasteiger partial charge in [-0.25, -0.2) is 13.1 Å². The summed E-state index contributed by atoms with van der Waals surface area (Å²) in [6.07, 6.45) is 2.80. The van der Waals surface area contributed by atoms with Gasteiger partial charge < -0.3 is 5.32 Å². The van der Waals surface area contributed by atoms with E-state index in [0.717, 1.165) is 36.2 Å². The summed E-state index contributed by atoms with van der Waals surface area (Å²) in [7, 11) is -3.47. The van der Waals surface area contributed by atoms with Gasteiger partial charge in [-0.2, -0.15) is 0 Å². The van der Waals surface area contributed by atoms with Crippen LogP contribution in [0.4, 0.5) is 0 Å². The summed E-state index contributed by atoms with van der Waals surface area (Å²) in [4.78, 5) is 1.35. The molecule has 0 aromatic carbocycles. The van der Waals surface area contributed by atoms with Gasteiger partial charge in [0, 0.05) is 17.0 Å². The Bertz CT molecular complexity index is 548. The van der Waals surface area contributed by atoms with Gasteiger partial charge in [0.15, 0.2) is 0 Å². The van der Waals surface area contributed by atoms with E-state index in [1.54, 1.807) is 0 Å². The Morgan fingerprint density at radius 2 is 1.90 bits per heavy atom. The van der Waals surface area contributed by atoms with Crippen molar-refractivity contribution in [3.05, 3.63) is 15.8 Å². The molecule has 1 heterocycles. The van der Waals surface area contributed by atoms with Gasteiger partial charge in [-0.1, -0.05) is 20.3 Å². The minimum absolute atomic E-state index is 0.421. The van der Waals surface area contributed by atoms with Gasteiger partial charge in [0.1, 0.15) is 4.90 Å². The van der Waals surface area contributed by atoms with Crippen molar-refractivity contribution in [2.45, 2.75) is 70.9 Å². The normalized spacial score (nSPS) is 12.8. The van der Waals surface area contributed by atoms with Crippen LogP contribution in [0.15, 0.2) is 10.3 Å². The van der Waals surface area contributed by atoms with Crippen molar-refractivity contribution in [3.8, 4) is 0 Å². The molecule has 0 aliphatic heterocycles. The Kier molecular flexibility index (Phi) is 6.84. The maximum absolute atomic E-state index is 12.7. The molecule has 6 heteroatoms. The van der Waals surface area contributed by atoms with E-state index in [1.165, 1.54) is 11.3 Å². The monoisotopic (exact) mass is 332 g/mol. The fourth-order valence-corrected chi connectivity index (χ4v) is 5.66. The molecule has 0 saturated carbocycles. The second-order valence-electron chi connectivity index (χ2n) is 6.09. The highest BCUT2D eigenvalue weighted by Gasteiger charge is 2.29. The molecule has 0 bridgehead atoms. The van der Waals surface area contributed by atoms with Crippen molar-refractivity contribution in [1.82, 2.24) is 10.0 Å². The molecule has 122 valence electrons. The largest absolute Gasteiger partial charge is 0.312 e. The van der Waals surface area contributed by atoms with Crippen molar-refractivity contribution < 1.29 is 8.42 Å². The van der Waals surface area contributed by atoms with E-state index in [1.807, 2.05) is 26.2 Å². The molecule has 2 N–H and O–H groups in total. The highest BCUT2D eigenvalue weighted by molar-refractivity contribution is 7.89. The zero-order valence-corrected chi connectivity index (χ0v) is 15.4. The number of sulfonamides is 1. The van der Waals surface area contributed by atoms with E-state index in [0.29, 0.717) is 11.4 Å². The number of hydrogen-bond donors (Lipinski definition) is 2. The lowest BCUT2D eigenvalue weighted by Gasteiger charge is -2.25. The molecule has 0 radical (unpaired) electrons. The third-order valence-corrected chi connectivity index (χ3v) is 6.42. The molecular weight excluding hydrogens is 304 g/mol. The molecule has 1 aromatic heterocycles. The number of thiophene rings is 1. The van der Waals surface area contributed by atoms with Crippen molar-refractivity contribution >= 4 is 21.4 Å². The maximum atomic E-state index is 12.7. The van der Waals surface area contributed by atoms with Crippen LogP contribution in [-0.4, -0.2) is 20.5 Å². The third-order valence-electron chi connectivity index (χ3n) is 3.26. The summed E-state index contributed by atoms with van der Waals surface area (Å²) < 4.78 is 28.3. The Morgan fingerprint density at radius 3 is 2.48 bits per heavy atom. The topological polar surface area (TPSA) is 58.2 Å². The van der Waals surface area contributed by atoms with Gasteiger partial charge in [0.05, 0.1) is 0 Å². The quantitative estimate of drug-likeness (QED) is 0.681. The average molecular weight is 333 g/mol. The number of nitrogens with one attached hydrogen (secondary N) is 2. The van der Waals surface area contributed by atoms with Crippen LogP contribution in [0.3, 0.4) is 0 Å². The average Bonchev–Trinajstić information content (AvgIpc) is 2.70. The summed E-state index contributed by atoms with van der Waals surface area (Å²) >= 11 is 1.51. The fraction of sp³-hybridized carbons (Fsp3) is 0.733. The summed E-state index contributed by atoms with van der Waals surface area (Å²) in [6.45, 7) is 11.4. The third kappa shape index (κ3) is 5.36. The molecule has 0 unspecified atom stereocenters. The van der Waals surface area contributed by atoms with Gasteiger partial charge in [0.2, 0.25) is 10.0 Å². The van der Waals surface area contributed by atoms with Gasteiger partial charge in [0.25, 0.3) is 0 Å². The number of aryl methyl sites for hydroxylation is 1. The molecule has 0 spiro atoms. The Balaban J connectivity index is 2.99. The van der Waals surface area contributed by atoms with E-state index in [-0.39, 0.29) is 0 Å². The lowest BCUT2D eigenvalue weighted by molar-refractivity contribution is 0.417. The predicted octanol–water partition coefficient (Wildman–Crippen LogP) is 3.41. The van der Waals surface area contributed by atoms with E-state index >= 15 is 0 Å². The van der Waals surface area contributed by atoms with Crippen LogP contribution in [0.25, 0.3) is 0 Å². The standard InChI is InChI=1S/C15H28N2O2S2/c1-6-8-15(4,5)17-21(18,19)14-12(3)11-20-13(14)10-16-9-7-2/h11,16-17H,6-10H2,1-5H3. The van der Waals surface area contributed by atoms with Gasteiger partial charge in [-0.05, 0) is 51.1 Å². The first-order chi connectivity index (χ1) is 9.73. The number of rotatable bonds is 9. The second kappa shape index (κ2) is 7.72. The van der Waals surface area contributed by atoms with E-state index < -0.39 is 15.6 Å². The fourth-order valence-electron chi connectivity index (χ4n) is 2.44. The van der Waals surface area contributed by atoms with Gasteiger partial charge in [-0.3, -0.25) is 0 Å². The summed E-state index contributed by atoms with van der Waals surface area (Å²) in [5.41, 5.74) is 0.406. The van der Waals surface area contributed by atoms with E-state index in [2.05, 4.69) is 23.9 Å². The van der Waals surface area contributed by atoms with Crippen LogP contribution in [0.1, 0.15) is 57.4 Å². The van der Waals surface area contributed by atoms with Crippen LogP contribution in [-0.2, 0) is 16.6 Å². The molecule has 0 atom stereocenters. The van der Waals surface area contributed by atoms with Crippen LogP contribution in [0, 0.1) is 6.92 Å². The zero-order chi connectivity index (χ0) is 16.1. The predicted molar refractivity (Wildman–Crippen MR) is 90.4 cm³/mol. The second-order valence-corrected chi connectivity index (χ2v) is 8.67. The van der Waals surface area contributed by atoms with Crippen LogP contribution >= 0.6 is 11.3 Å². The van der Waals surface area contributed by atoms with Gasteiger partial charge >= 0.3 is 0 Å². The number of hydrogen-bond acceptors (Lipinski definition) is 4. The molecule has 1 aromatic rings. The van der Waals surface area contributed by atoms with Crippen LogP contribution in [0.2, 0.25) is 0 Å². The Hall–Kier alpha value is -0.430. The highest BCUT2D eigenvalue weighted by Crippen LogP contribution is 2.28. The molecule has 0 aliphatic carbocycles. The van der Waals surface area contributed by atoms with E-state index in [4.69, 9.17) is 0 Å². The van der Waals surface area contributed by atoms with Gasteiger partial charge in [-0.15, -0.1) is 11.3 Å². The minimum Gasteiger partial charge on any atom is -0.312 e. The maximum Gasteiger partial charge on any atom is 0.242 e. The highest BCUT2D eigenvalue weighted by atomic mass is 32.2. The molecule has 0 saturated heterocycles. The first-order valence-corrected chi connectivity index (χ1v) is 9.91. The van der Waals surface area contributed by atoms with Crippen molar-refractivity contribution in [2.75, 3.05) is 6.54 Å². The lowest BCUT2D eigenvalue weighted by atomic mass is 10.0. The summed E-state index contributed by atoms with van der Waals surface area (Å²) in [5.74, 6) is 0. The van der Waals surface area contributed by atoms with Crippen molar-refractivity contribution in [2.24, 2.45) is 0 Å². The van der Waals surface area contributed by atoms with Crippen molar-refractivity contribution in [1.29, 1.82) is 0 Å². The van der Waals surface area contributed by atoms with E-state index in [9.17, 15) is 8.42 Å². The minimum atomic E-state index is -3.47. The summed E-state index contributed by atoms with van der Waals surface area (Å²) in [5, 5.41) is 5.20. The Labute approximate surface area is 133 Å². The molecule has 4 nitrogen and oxygen atoms in total. The van der Waals surface area contributed by atoms with Crippen LogP contribution in [0.5, 0.6) is 0 Å². The molecule has 0 aliphatic rings. The smallest absolute Gasteiger partial charge is 0.242 e.